The minimum Gasteiger partial charge on any atom is -0.0622 e. The average Bonchev–Trinajstić information content (AvgIpc) is 2.88. The van der Waals surface area contributed by atoms with Crippen molar-refractivity contribution in [3.05, 3.63) is 0 Å². The highest BCUT2D eigenvalue weighted by Gasteiger charge is 2.43. The summed E-state index contributed by atoms with van der Waals surface area (Å²) in [6, 6.07) is 0. The Morgan fingerprint density at radius 1 is 1.42 bits per heavy atom. The highest BCUT2D eigenvalue weighted by molar-refractivity contribution is 4.93. The van der Waals surface area contributed by atoms with Crippen molar-refractivity contribution in [3.63, 3.8) is 0 Å². The quantitative estimate of drug-likeness (QED) is 0.595. The Morgan fingerprint density at radius 3 is 2.42 bits per heavy atom. The van der Waals surface area contributed by atoms with Gasteiger partial charge in [0, 0.05) is 0 Å². The van der Waals surface area contributed by atoms with Gasteiger partial charge in [-0.1, -0.05) is 20.8 Å². The molecule has 0 N–H and O–H groups in total. The van der Waals surface area contributed by atoms with Crippen LogP contribution in [0.1, 0.15) is 52.9 Å². The van der Waals surface area contributed by atoms with Crippen LogP contribution < -0.4 is 0 Å². The predicted molar refractivity (Wildman–Crippen MR) is 53.0 cm³/mol. The molecular weight excluding hydrogens is 144 g/mol. The molecule has 2 aliphatic rings. The molecule has 70 valence electrons. The lowest BCUT2D eigenvalue weighted by Crippen LogP contribution is -2.08. The molecule has 0 spiro atoms. The standard InChI is InChI=1S/C12H22/c1-9-8-11(9)5-4-10(2)12(3)6-7-12/h9-11H,4-8H2,1-3H3. The Hall–Kier alpha value is 0. The van der Waals surface area contributed by atoms with Crippen LogP contribution in [-0.2, 0) is 0 Å². The SMILES string of the molecule is CC1CC1CCC(C)C1(C)CC1. The summed E-state index contributed by atoms with van der Waals surface area (Å²) in [6.45, 7) is 7.32. The lowest BCUT2D eigenvalue weighted by atomic mass is 9.88. The van der Waals surface area contributed by atoms with E-state index < -0.39 is 0 Å². The highest BCUT2D eigenvalue weighted by atomic mass is 14.5. The van der Waals surface area contributed by atoms with Crippen LogP contribution in [0.5, 0.6) is 0 Å². The zero-order valence-corrected chi connectivity index (χ0v) is 8.77. The smallest absolute Gasteiger partial charge is 0.0300 e. The normalized spacial score (nSPS) is 39.2. The molecule has 0 heterocycles. The van der Waals surface area contributed by atoms with Gasteiger partial charge in [0.15, 0.2) is 0 Å². The van der Waals surface area contributed by atoms with Gasteiger partial charge in [0.2, 0.25) is 0 Å². The van der Waals surface area contributed by atoms with E-state index in [0.29, 0.717) is 0 Å². The first-order chi connectivity index (χ1) is 5.62. The van der Waals surface area contributed by atoms with Crippen LogP contribution in [0.2, 0.25) is 0 Å². The average molecular weight is 166 g/mol. The first-order valence-corrected chi connectivity index (χ1v) is 5.62. The van der Waals surface area contributed by atoms with Crippen LogP contribution >= 0.6 is 0 Å². The van der Waals surface area contributed by atoms with E-state index in [9.17, 15) is 0 Å². The third kappa shape index (κ3) is 1.67. The summed E-state index contributed by atoms with van der Waals surface area (Å²) in [5.74, 6) is 3.16. The molecule has 2 rings (SSSR count). The monoisotopic (exact) mass is 166 g/mol. The molecule has 0 heteroatoms. The van der Waals surface area contributed by atoms with Gasteiger partial charge in [0.1, 0.15) is 0 Å². The first kappa shape index (κ1) is 8.59. The molecule has 2 aliphatic carbocycles. The molecule has 0 saturated heterocycles. The van der Waals surface area contributed by atoms with Crippen molar-refractivity contribution in [1.29, 1.82) is 0 Å². The molecule has 0 bridgehead atoms. The summed E-state index contributed by atoms with van der Waals surface area (Å²) in [4.78, 5) is 0. The summed E-state index contributed by atoms with van der Waals surface area (Å²) in [7, 11) is 0. The molecule has 3 atom stereocenters. The van der Waals surface area contributed by atoms with Gasteiger partial charge in [-0.25, -0.2) is 0 Å². The maximum Gasteiger partial charge on any atom is -0.0300 e. The molecule has 0 amide bonds. The van der Waals surface area contributed by atoms with Crippen molar-refractivity contribution < 1.29 is 0 Å². The topological polar surface area (TPSA) is 0 Å². The molecule has 0 nitrogen and oxygen atoms in total. The van der Waals surface area contributed by atoms with E-state index in [1.54, 1.807) is 0 Å². The number of hydrogen-bond acceptors (Lipinski definition) is 0. The lowest BCUT2D eigenvalue weighted by molar-refractivity contribution is 0.326. The van der Waals surface area contributed by atoms with Crippen LogP contribution in [-0.4, -0.2) is 0 Å². The molecular formula is C12H22. The second kappa shape index (κ2) is 2.75. The van der Waals surface area contributed by atoms with Crippen LogP contribution in [0.4, 0.5) is 0 Å². The number of rotatable bonds is 4. The Bertz CT molecular complexity index is 167. The molecule has 2 saturated carbocycles. The minimum atomic E-state index is 0.762. The third-order valence-corrected chi connectivity index (χ3v) is 4.48. The molecule has 0 aromatic rings. The van der Waals surface area contributed by atoms with Crippen molar-refractivity contribution in [2.45, 2.75) is 52.9 Å². The van der Waals surface area contributed by atoms with E-state index in [-0.39, 0.29) is 0 Å². The Kier molecular flexibility index (Phi) is 1.97. The summed E-state index contributed by atoms with van der Waals surface area (Å²) < 4.78 is 0. The maximum atomic E-state index is 2.47. The van der Waals surface area contributed by atoms with Crippen LogP contribution in [0.25, 0.3) is 0 Å². The second-order valence-electron chi connectivity index (χ2n) is 5.61. The summed E-state index contributed by atoms with van der Waals surface area (Å²) >= 11 is 0. The molecule has 0 aromatic carbocycles. The van der Waals surface area contributed by atoms with E-state index in [0.717, 1.165) is 23.2 Å². The van der Waals surface area contributed by atoms with E-state index in [1.807, 2.05) is 0 Å². The fourth-order valence-electron chi connectivity index (χ4n) is 2.30. The van der Waals surface area contributed by atoms with E-state index >= 15 is 0 Å². The van der Waals surface area contributed by atoms with E-state index in [2.05, 4.69) is 20.8 Å². The van der Waals surface area contributed by atoms with Crippen molar-refractivity contribution in [2.75, 3.05) is 0 Å². The third-order valence-electron chi connectivity index (χ3n) is 4.48. The Labute approximate surface area is 76.7 Å². The zero-order chi connectivity index (χ0) is 8.77. The predicted octanol–water partition coefficient (Wildman–Crippen LogP) is 3.86. The van der Waals surface area contributed by atoms with E-state index in [4.69, 9.17) is 0 Å². The Balaban J connectivity index is 1.66. The Morgan fingerprint density at radius 2 is 2.00 bits per heavy atom. The van der Waals surface area contributed by atoms with Crippen molar-refractivity contribution in [2.24, 2.45) is 23.2 Å². The van der Waals surface area contributed by atoms with Gasteiger partial charge >= 0.3 is 0 Å². The van der Waals surface area contributed by atoms with E-state index in [1.165, 1.54) is 32.1 Å². The number of hydrogen-bond donors (Lipinski definition) is 0. The molecule has 12 heavy (non-hydrogen) atoms. The van der Waals surface area contributed by atoms with Gasteiger partial charge in [0.25, 0.3) is 0 Å². The van der Waals surface area contributed by atoms with Gasteiger partial charge in [-0.15, -0.1) is 0 Å². The van der Waals surface area contributed by atoms with Gasteiger partial charge in [-0.3, -0.25) is 0 Å². The fourth-order valence-corrected chi connectivity index (χ4v) is 2.30. The summed E-state index contributed by atoms with van der Waals surface area (Å²) in [5, 5.41) is 0. The van der Waals surface area contributed by atoms with Gasteiger partial charge in [-0.2, -0.15) is 0 Å². The zero-order valence-electron chi connectivity index (χ0n) is 8.77. The van der Waals surface area contributed by atoms with Crippen molar-refractivity contribution in [3.8, 4) is 0 Å². The lowest BCUT2D eigenvalue weighted by Gasteiger charge is -2.18. The summed E-state index contributed by atoms with van der Waals surface area (Å²) in [6.07, 6.45) is 7.51. The van der Waals surface area contributed by atoms with Gasteiger partial charge in [-0.05, 0) is 55.3 Å². The second-order valence-corrected chi connectivity index (χ2v) is 5.61. The van der Waals surface area contributed by atoms with Crippen molar-refractivity contribution >= 4 is 0 Å². The first-order valence-electron chi connectivity index (χ1n) is 5.62. The van der Waals surface area contributed by atoms with Crippen LogP contribution in [0.3, 0.4) is 0 Å². The fraction of sp³-hybridized carbons (Fsp3) is 1.00. The molecule has 0 aromatic heterocycles. The minimum absolute atomic E-state index is 0.762. The van der Waals surface area contributed by atoms with Gasteiger partial charge in [0.05, 0.1) is 0 Å². The van der Waals surface area contributed by atoms with Crippen molar-refractivity contribution in [1.82, 2.24) is 0 Å². The highest BCUT2D eigenvalue weighted by Crippen LogP contribution is 2.54. The molecule has 0 radical (unpaired) electrons. The largest absolute Gasteiger partial charge is 0.0622 e. The molecule has 3 unspecified atom stereocenters. The van der Waals surface area contributed by atoms with Gasteiger partial charge < -0.3 is 0 Å². The van der Waals surface area contributed by atoms with Crippen LogP contribution in [0, 0.1) is 23.2 Å². The maximum absolute atomic E-state index is 2.47. The molecule has 2 fully saturated rings. The van der Waals surface area contributed by atoms with Crippen LogP contribution in [0.15, 0.2) is 0 Å². The molecule has 0 aliphatic heterocycles. The summed E-state index contributed by atoms with van der Waals surface area (Å²) in [5.41, 5.74) is 0.762.